The van der Waals surface area contributed by atoms with Crippen LogP contribution in [0.2, 0.25) is 0 Å². The Morgan fingerprint density at radius 3 is 0.989 bits per heavy atom. The maximum absolute atomic E-state index is 12.9. The molecular formula is C69H122O16P2. The van der Waals surface area contributed by atoms with E-state index in [1.165, 1.54) is 83.5 Å². The molecule has 0 spiro atoms. The van der Waals surface area contributed by atoms with E-state index in [1.807, 2.05) is 0 Å². The second-order valence-electron chi connectivity index (χ2n) is 22.6. The summed E-state index contributed by atoms with van der Waals surface area (Å²) in [7, 11) is -9.78. The normalized spacial score (nSPS) is 14.8. The maximum Gasteiger partial charge on any atom is 0.472 e. The molecule has 0 aliphatic rings. The van der Waals surface area contributed by atoms with Gasteiger partial charge < -0.3 is 34.2 Å². The fourth-order valence-electron chi connectivity index (χ4n) is 8.92. The van der Waals surface area contributed by atoms with Gasteiger partial charge in [0.15, 0.2) is 6.10 Å². The number of aliphatic hydroxyl groups is 2. The summed E-state index contributed by atoms with van der Waals surface area (Å²) in [5.41, 5.74) is 0. The molecule has 0 aliphatic carbocycles. The van der Waals surface area contributed by atoms with Gasteiger partial charge in [0, 0.05) is 19.3 Å². The quantitative estimate of drug-likeness (QED) is 0.0146. The molecule has 87 heavy (non-hydrogen) atoms. The van der Waals surface area contributed by atoms with Gasteiger partial charge in [-0.3, -0.25) is 32.5 Å². The molecule has 0 saturated carbocycles. The van der Waals surface area contributed by atoms with E-state index in [0.717, 1.165) is 135 Å². The van der Waals surface area contributed by atoms with Gasteiger partial charge in [-0.15, -0.1) is 0 Å². The highest BCUT2D eigenvalue weighted by atomic mass is 31.2. The Balaban J connectivity index is 4.65. The summed E-state index contributed by atoms with van der Waals surface area (Å²) >= 11 is 0. The number of ether oxygens (including phenoxy) is 3. The summed E-state index contributed by atoms with van der Waals surface area (Å²) in [6.07, 6.45) is 66.3. The zero-order chi connectivity index (χ0) is 63.8. The molecule has 504 valence electrons. The van der Waals surface area contributed by atoms with Crippen molar-refractivity contribution < 1.29 is 75.8 Å². The number of allylic oxidation sites excluding steroid dienone is 14. The first-order valence-electron chi connectivity index (χ1n) is 33.9. The van der Waals surface area contributed by atoms with Crippen molar-refractivity contribution in [1.82, 2.24) is 0 Å². The number of phosphoric acid groups is 2. The fraction of sp³-hybridized carbons (Fsp3) is 0.754. The third-order valence-corrected chi connectivity index (χ3v) is 16.0. The molecule has 5 atom stereocenters. The lowest BCUT2D eigenvalue weighted by atomic mass is 10.0. The Kier molecular flexibility index (Phi) is 60.5. The van der Waals surface area contributed by atoms with Crippen molar-refractivity contribution in [3.05, 3.63) is 85.1 Å². The fourth-order valence-corrected chi connectivity index (χ4v) is 10.5. The summed E-state index contributed by atoms with van der Waals surface area (Å²) in [4.78, 5) is 58.3. The van der Waals surface area contributed by atoms with Gasteiger partial charge in [0.1, 0.15) is 25.4 Å². The number of esters is 3. The molecule has 0 rings (SSSR count). The van der Waals surface area contributed by atoms with Crippen LogP contribution in [-0.4, -0.2) is 95.9 Å². The topological polar surface area (TPSA) is 231 Å². The number of hydrogen-bond donors (Lipinski definition) is 4. The highest BCUT2D eigenvalue weighted by molar-refractivity contribution is 7.47. The molecule has 0 aliphatic heterocycles. The van der Waals surface area contributed by atoms with Crippen LogP contribution in [0.3, 0.4) is 0 Å². The zero-order valence-corrected chi connectivity index (χ0v) is 56.2. The van der Waals surface area contributed by atoms with E-state index < -0.39 is 91.5 Å². The third-order valence-electron chi connectivity index (χ3n) is 14.1. The molecule has 0 heterocycles. The van der Waals surface area contributed by atoms with E-state index in [4.69, 9.17) is 32.3 Å². The molecule has 0 aromatic rings. The standard InChI is InChI=1S/C69H122O16P2/c1-4-7-10-13-16-19-22-25-28-29-30-31-32-33-36-38-40-43-46-49-52-55-67(72)79-58-64(70)59-81-86(75,76)82-60-65(71)61-83-87(77,78)84-63-66(85-69(74)57-54-51-48-45-42-39-35-27-24-21-18-15-12-9-6-3)62-80-68(73)56-53-50-47-44-41-37-34-26-23-20-17-14-11-8-5-2/h7,10,16-17,19-20,25-26,28,30-31,33-34,36,64-66,70-71H,4-6,8-9,11-15,18,21-24,27,29,32,35,37-63H2,1-3H3,(H,75,76)(H,77,78)/b10-7-,19-16-,20-17-,28-25-,31-30-,34-26-,36-33-. The monoisotopic (exact) mass is 1270 g/mol. The lowest BCUT2D eigenvalue weighted by Crippen LogP contribution is -2.30. The molecule has 0 saturated heterocycles. The van der Waals surface area contributed by atoms with Gasteiger partial charge in [-0.2, -0.15) is 0 Å². The Labute approximate surface area is 527 Å². The van der Waals surface area contributed by atoms with Gasteiger partial charge in [-0.25, -0.2) is 9.13 Å². The van der Waals surface area contributed by atoms with Gasteiger partial charge in [0.05, 0.1) is 26.4 Å². The zero-order valence-electron chi connectivity index (χ0n) is 54.4. The van der Waals surface area contributed by atoms with Crippen LogP contribution in [-0.2, 0) is 55.8 Å². The summed E-state index contributed by atoms with van der Waals surface area (Å²) in [6.45, 7) is 2.51. The van der Waals surface area contributed by atoms with Gasteiger partial charge >= 0.3 is 33.6 Å². The third kappa shape index (κ3) is 64.1. The molecule has 0 bridgehead atoms. The Morgan fingerprint density at radius 2 is 0.609 bits per heavy atom. The molecule has 16 nitrogen and oxygen atoms in total. The first-order chi connectivity index (χ1) is 42.2. The Bertz CT molecular complexity index is 1930. The summed E-state index contributed by atoms with van der Waals surface area (Å²) in [5, 5.41) is 20.5. The van der Waals surface area contributed by atoms with Crippen molar-refractivity contribution in [3.8, 4) is 0 Å². The molecule has 5 unspecified atom stereocenters. The van der Waals surface area contributed by atoms with Crippen LogP contribution in [0.5, 0.6) is 0 Å². The van der Waals surface area contributed by atoms with Crippen LogP contribution in [0.25, 0.3) is 0 Å². The number of unbranched alkanes of at least 4 members (excludes halogenated alkanes) is 27. The average molecular weight is 1270 g/mol. The maximum atomic E-state index is 12.9. The summed E-state index contributed by atoms with van der Waals surface area (Å²) < 4.78 is 60.8. The minimum Gasteiger partial charge on any atom is -0.463 e. The van der Waals surface area contributed by atoms with Gasteiger partial charge in [0.25, 0.3) is 0 Å². The summed E-state index contributed by atoms with van der Waals surface area (Å²) in [6, 6.07) is 0. The van der Waals surface area contributed by atoms with Gasteiger partial charge in [0.2, 0.25) is 0 Å². The van der Waals surface area contributed by atoms with Crippen molar-refractivity contribution in [3.63, 3.8) is 0 Å². The molecule has 0 fully saturated rings. The van der Waals surface area contributed by atoms with Crippen molar-refractivity contribution in [1.29, 1.82) is 0 Å². The SMILES string of the molecule is CC/C=C\C/C=C\C/C=C\C/C=C\C/C=C\CCCCCCCC(=O)OCC(O)COP(=O)(O)OCC(O)COP(=O)(O)OCC(COC(=O)CCCCCCC/C=C\C/C=C\CCCCC)OC(=O)CCCCCCCCCCCCCCCCC. The van der Waals surface area contributed by atoms with E-state index in [1.54, 1.807) is 0 Å². The van der Waals surface area contributed by atoms with Crippen molar-refractivity contribution >= 4 is 33.6 Å². The van der Waals surface area contributed by atoms with Crippen LogP contribution in [0, 0.1) is 0 Å². The molecule has 18 heteroatoms. The molecule has 4 N–H and O–H groups in total. The Morgan fingerprint density at radius 1 is 0.333 bits per heavy atom. The van der Waals surface area contributed by atoms with Crippen molar-refractivity contribution in [2.75, 3.05) is 39.6 Å². The number of phosphoric ester groups is 2. The highest BCUT2D eigenvalue weighted by Gasteiger charge is 2.29. The molecular weight excluding hydrogens is 1150 g/mol. The largest absolute Gasteiger partial charge is 0.472 e. The van der Waals surface area contributed by atoms with E-state index in [0.29, 0.717) is 19.3 Å². The molecule has 0 radical (unpaired) electrons. The van der Waals surface area contributed by atoms with E-state index in [9.17, 15) is 43.5 Å². The minimum atomic E-state index is -4.92. The average Bonchev–Trinajstić information content (AvgIpc) is 3.68. The van der Waals surface area contributed by atoms with E-state index >= 15 is 0 Å². The van der Waals surface area contributed by atoms with Crippen LogP contribution in [0.15, 0.2) is 85.1 Å². The van der Waals surface area contributed by atoms with Gasteiger partial charge in [-0.1, -0.05) is 247 Å². The first kappa shape index (κ1) is 83.7. The molecule has 0 aromatic carbocycles. The predicted octanol–water partition coefficient (Wildman–Crippen LogP) is 18.5. The van der Waals surface area contributed by atoms with E-state index in [2.05, 4.69) is 106 Å². The van der Waals surface area contributed by atoms with Crippen LogP contribution in [0.4, 0.5) is 0 Å². The van der Waals surface area contributed by atoms with Crippen molar-refractivity contribution in [2.24, 2.45) is 0 Å². The number of aliphatic hydroxyl groups excluding tert-OH is 2. The number of carbonyl (C=O) groups excluding carboxylic acids is 3. The smallest absolute Gasteiger partial charge is 0.463 e. The minimum absolute atomic E-state index is 0.105. The highest BCUT2D eigenvalue weighted by Crippen LogP contribution is 2.45. The molecule has 0 amide bonds. The summed E-state index contributed by atoms with van der Waals surface area (Å²) in [5.74, 6) is -1.60. The van der Waals surface area contributed by atoms with E-state index in [-0.39, 0.29) is 19.3 Å². The number of carbonyl (C=O) groups is 3. The van der Waals surface area contributed by atoms with Crippen LogP contribution < -0.4 is 0 Å². The first-order valence-corrected chi connectivity index (χ1v) is 36.9. The molecule has 0 aromatic heterocycles. The predicted molar refractivity (Wildman–Crippen MR) is 353 cm³/mol. The van der Waals surface area contributed by atoms with Gasteiger partial charge in [-0.05, 0) is 96.3 Å². The number of rotatable bonds is 64. The Hall–Kier alpha value is -3.27. The van der Waals surface area contributed by atoms with Crippen LogP contribution >= 0.6 is 15.6 Å². The lowest BCUT2D eigenvalue weighted by molar-refractivity contribution is -0.161. The number of hydrogen-bond acceptors (Lipinski definition) is 14. The second-order valence-corrected chi connectivity index (χ2v) is 25.5. The second kappa shape index (κ2) is 62.9. The van der Waals surface area contributed by atoms with Crippen molar-refractivity contribution in [2.45, 2.75) is 296 Å². The lowest BCUT2D eigenvalue weighted by Gasteiger charge is -2.21. The van der Waals surface area contributed by atoms with Crippen LogP contribution in [0.1, 0.15) is 278 Å².